The van der Waals surface area contributed by atoms with Gasteiger partial charge in [0.15, 0.2) is 0 Å². The molecule has 0 spiro atoms. The van der Waals surface area contributed by atoms with Crippen LogP contribution in [0.4, 0.5) is 0 Å². The summed E-state index contributed by atoms with van der Waals surface area (Å²) in [6, 6.07) is 1.68. The molecule has 1 aromatic rings. The van der Waals surface area contributed by atoms with Crippen LogP contribution in [0.25, 0.3) is 0 Å². The van der Waals surface area contributed by atoms with Crippen LogP contribution in [-0.2, 0) is 16.6 Å². The van der Waals surface area contributed by atoms with Gasteiger partial charge in [-0.25, -0.2) is 8.42 Å². The van der Waals surface area contributed by atoms with E-state index in [4.69, 9.17) is 5.73 Å². The van der Waals surface area contributed by atoms with E-state index >= 15 is 0 Å². The monoisotopic (exact) mass is 291 g/mol. The van der Waals surface area contributed by atoms with Gasteiger partial charge in [0.1, 0.15) is 0 Å². The number of sulfonamides is 1. The maximum Gasteiger partial charge on any atom is 0.243 e. The van der Waals surface area contributed by atoms with Gasteiger partial charge in [-0.3, -0.25) is 0 Å². The molecule has 0 radical (unpaired) electrons. The van der Waals surface area contributed by atoms with Crippen LogP contribution in [0.2, 0.25) is 0 Å². The normalized spacial score (nSPS) is 12.6. The maximum absolute atomic E-state index is 12.4. The first kappa shape index (κ1) is 15.6. The highest BCUT2D eigenvalue weighted by molar-refractivity contribution is 7.89. The van der Waals surface area contributed by atoms with Crippen molar-refractivity contribution in [2.45, 2.75) is 18.4 Å². The zero-order chi connectivity index (χ0) is 13.9. The summed E-state index contributed by atoms with van der Waals surface area (Å²) in [6.45, 7) is 3.37. The van der Waals surface area contributed by atoms with Gasteiger partial charge in [-0.15, -0.1) is 11.3 Å². The Labute approximate surface area is 113 Å². The van der Waals surface area contributed by atoms with Gasteiger partial charge in [0.2, 0.25) is 10.0 Å². The molecule has 0 bridgehead atoms. The molecule has 104 valence electrons. The molecule has 7 heteroatoms. The number of rotatable bonds is 6. The molecular weight excluding hydrogens is 270 g/mol. The lowest BCUT2D eigenvalue weighted by Gasteiger charge is -2.19. The summed E-state index contributed by atoms with van der Waals surface area (Å²) in [5.74, 6) is 0. The largest absolute Gasteiger partial charge is 0.326 e. The third-order valence-corrected chi connectivity index (χ3v) is 5.86. The molecule has 5 nitrogen and oxygen atoms in total. The predicted octanol–water partition coefficient (Wildman–Crippen LogP) is 0.697. The quantitative estimate of drug-likeness (QED) is 0.838. The van der Waals surface area contributed by atoms with Crippen molar-refractivity contribution in [2.24, 2.45) is 5.73 Å². The summed E-state index contributed by atoms with van der Waals surface area (Å²) >= 11 is 1.44. The molecule has 0 unspecified atom stereocenters. The number of nitrogens with zero attached hydrogens (tertiary/aromatic N) is 2. The van der Waals surface area contributed by atoms with E-state index in [1.807, 2.05) is 25.9 Å². The van der Waals surface area contributed by atoms with Crippen molar-refractivity contribution in [3.63, 3.8) is 0 Å². The van der Waals surface area contributed by atoms with Gasteiger partial charge in [-0.1, -0.05) is 0 Å². The van der Waals surface area contributed by atoms with Gasteiger partial charge < -0.3 is 10.6 Å². The van der Waals surface area contributed by atoms with Crippen LogP contribution in [0.15, 0.2) is 11.0 Å². The zero-order valence-corrected chi connectivity index (χ0v) is 12.9. The van der Waals surface area contributed by atoms with Crippen molar-refractivity contribution < 1.29 is 8.42 Å². The lowest BCUT2D eigenvalue weighted by molar-refractivity contribution is 0.358. The molecule has 0 aliphatic heterocycles. The Balaban J connectivity index is 2.94. The van der Waals surface area contributed by atoms with Crippen molar-refractivity contribution in [3.05, 3.63) is 15.8 Å². The van der Waals surface area contributed by atoms with Crippen LogP contribution in [0.3, 0.4) is 0 Å². The fourth-order valence-corrected chi connectivity index (χ4v) is 4.15. The van der Waals surface area contributed by atoms with E-state index in [0.717, 1.165) is 9.75 Å². The fourth-order valence-electron chi connectivity index (χ4n) is 1.51. The highest BCUT2D eigenvalue weighted by atomic mass is 32.2. The summed E-state index contributed by atoms with van der Waals surface area (Å²) < 4.78 is 26.1. The Bertz CT molecular complexity index is 494. The molecule has 0 atom stereocenters. The molecule has 0 fully saturated rings. The van der Waals surface area contributed by atoms with Crippen LogP contribution in [-0.4, -0.2) is 51.9 Å². The minimum atomic E-state index is -3.39. The Morgan fingerprint density at radius 3 is 2.33 bits per heavy atom. The number of hydrogen-bond acceptors (Lipinski definition) is 5. The standard InChI is InChI=1S/C11H21N3O2S2/c1-9-11(7-10(8-12)17-9)18(15,16)14(4)6-5-13(2)3/h7H,5-6,8,12H2,1-4H3. The number of hydrogen-bond donors (Lipinski definition) is 1. The van der Waals surface area contributed by atoms with Crippen molar-refractivity contribution in [2.75, 3.05) is 34.2 Å². The molecule has 0 aromatic carbocycles. The molecule has 0 aliphatic rings. The van der Waals surface area contributed by atoms with E-state index in [1.165, 1.54) is 15.6 Å². The van der Waals surface area contributed by atoms with Gasteiger partial charge >= 0.3 is 0 Å². The van der Waals surface area contributed by atoms with Crippen LogP contribution >= 0.6 is 11.3 Å². The topological polar surface area (TPSA) is 66.6 Å². The molecule has 0 saturated carbocycles. The minimum absolute atomic E-state index is 0.377. The fraction of sp³-hybridized carbons (Fsp3) is 0.636. The highest BCUT2D eigenvalue weighted by Gasteiger charge is 2.24. The maximum atomic E-state index is 12.4. The number of aryl methyl sites for hydroxylation is 1. The van der Waals surface area contributed by atoms with Gasteiger partial charge in [-0.05, 0) is 27.1 Å². The summed E-state index contributed by atoms with van der Waals surface area (Å²) in [7, 11) is 2.06. The first-order chi connectivity index (χ1) is 8.28. The Hall–Kier alpha value is -0.470. The van der Waals surface area contributed by atoms with E-state index in [1.54, 1.807) is 13.1 Å². The van der Waals surface area contributed by atoms with Crippen molar-refractivity contribution in [1.29, 1.82) is 0 Å². The van der Waals surface area contributed by atoms with E-state index in [2.05, 4.69) is 0 Å². The molecule has 1 heterocycles. The molecular formula is C11H21N3O2S2. The van der Waals surface area contributed by atoms with Crippen LogP contribution in [0.1, 0.15) is 9.75 Å². The Morgan fingerprint density at radius 2 is 1.89 bits per heavy atom. The zero-order valence-electron chi connectivity index (χ0n) is 11.3. The Morgan fingerprint density at radius 1 is 1.28 bits per heavy atom. The second-order valence-corrected chi connectivity index (χ2v) is 7.82. The highest BCUT2D eigenvalue weighted by Crippen LogP contribution is 2.27. The van der Waals surface area contributed by atoms with Crippen molar-refractivity contribution in [3.8, 4) is 0 Å². The van der Waals surface area contributed by atoms with E-state index in [0.29, 0.717) is 24.5 Å². The Kier molecular flexibility index (Phi) is 5.30. The number of likely N-dealkylation sites (N-methyl/N-ethyl adjacent to an activating group) is 2. The van der Waals surface area contributed by atoms with E-state index in [-0.39, 0.29) is 0 Å². The van der Waals surface area contributed by atoms with E-state index < -0.39 is 10.0 Å². The minimum Gasteiger partial charge on any atom is -0.326 e. The lowest BCUT2D eigenvalue weighted by atomic mass is 10.4. The van der Waals surface area contributed by atoms with Crippen molar-refractivity contribution >= 4 is 21.4 Å². The van der Waals surface area contributed by atoms with Crippen LogP contribution in [0, 0.1) is 6.92 Å². The molecule has 0 saturated heterocycles. The van der Waals surface area contributed by atoms with E-state index in [9.17, 15) is 8.42 Å². The molecule has 0 aliphatic carbocycles. The predicted molar refractivity (Wildman–Crippen MR) is 75.3 cm³/mol. The molecule has 0 amide bonds. The summed E-state index contributed by atoms with van der Waals surface area (Å²) in [4.78, 5) is 4.03. The molecule has 2 N–H and O–H groups in total. The lowest BCUT2D eigenvalue weighted by Crippen LogP contribution is -2.33. The van der Waals surface area contributed by atoms with Crippen molar-refractivity contribution in [1.82, 2.24) is 9.21 Å². The van der Waals surface area contributed by atoms with Gasteiger partial charge in [0, 0.05) is 36.4 Å². The van der Waals surface area contributed by atoms with Crippen LogP contribution in [0.5, 0.6) is 0 Å². The smallest absolute Gasteiger partial charge is 0.243 e. The molecule has 1 aromatic heterocycles. The SMILES string of the molecule is Cc1sc(CN)cc1S(=O)(=O)N(C)CCN(C)C. The van der Waals surface area contributed by atoms with Gasteiger partial charge in [0.25, 0.3) is 0 Å². The van der Waals surface area contributed by atoms with Gasteiger partial charge in [-0.2, -0.15) is 4.31 Å². The van der Waals surface area contributed by atoms with Crippen LogP contribution < -0.4 is 5.73 Å². The number of thiophene rings is 1. The van der Waals surface area contributed by atoms with Gasteiger partial charge in [0.05, 0.1) is 4.90 Å². The third-order valence-electron chi connectivity index (χ3n) is 2.67. The number of nitrogens with two attached hydrogens (primary N) is 1. The molecule has 1 rings (SSSR count). The molecule has 18 heavy (non-hydrogen) atoms. The summed E-state index contributed by atoms with van der Waals surface area (Å²) in [5, 5.41) is 0. The summed E-state index contributed by atoms with van der Waals surface area (Å²) in [6.07, 6.45) is 0. The second-order valence-electron chi connectivity index (χ2n) is 4.47. The first-order valence-electron chi connectivity index (χ1n) is 5.69. The first-order valence-corrected chi connectivity index (χ1v) is 7.95. The second kappa shape index (κ2) is 6.12. The average molecular weight is 291 g/mol. The summed E-state index contributed by atoms with van der Waals surface area (Å²) in [5.41, 5.74) is 5.55. The average Bonchev–Trinajstić information content (AvgIpc) is 2.67. The third kappa shape index (κ3) is 3.52.